The number of carbonyl (C=O) groups is 3. The van der Waals surface area contributed by atoms with Crippen molar-refractivity contribution in [2.24, 2.45) is 0 Å². The molecule has 0 aromatic carbocycles. The average molecular weight is 272 g/mol. The Morgan fingerprint density at radius 3 is 2.47 bits per heavy atom. The summed E-state index contributed by atoms with van der Waals surface area (Å²) in [6.07, 6.45) is 0.292. The highest BCUT2D eigenvalue weighted by Crippen LogP contribution is 2.22. The van der Waals surface area contributed by atoms with Gasteiger partial charge in [-0.05, 0) is 20.8 Å². The maximum atomic E-state index is 12.0. The van der Waals surface area contributed by atoms with E-state index in [0.717, 1.165) is 0 Å². The maximum absolute atomic E-state index is 12.0. The molecule has 0 aromatic rings. The van der Waals surface area contributed by atoms with Gasteiger partial charge in [-0.25, -0.2) is 9.59 Å². The van der Waals surface area contributed by atoms with Gasteiger partial charge in [0.2, 0.25) is 6.41 Å². The standard InChI is InChI=1S/C12H20N2O5/c1-12(2,3)19-11(17)14-6-8(13-7-15)5-9(14)10(16)18-4/h7-9H,5-6H2,1-4H3,(H,13,15)/t8-,9-/m0/s1. The zero-order chi connectivity index (χ0) is 14.6. The quantitative estimate of drug-likeness (QED) is 0.589. The predicted molar refractivity (Wildman–Crippen MR) is 66.3 cm³/mol. The van der Waals surface area contributed by atoms with Crippen molar-refractivity contribution in [3.8, 4) is 0 Å². The third-order valence-corrected chi connectivity index (χ3v) is 2.71. The van der Waals surface area contributed by atoms with Gasteiger partial charge >= 0.3 is 12.1 Å². The lowest BCUT2D eigenvalue weighted by atomic mass is 10.2. The van der Waals surface area contributed by atoms with E-state index in [0.29, 0.717) is 12.8 Å². The van der Waals surface area contributed by atoms with E-state index >= 15 is 0 Å². The summed E-state index contributed by atoms with van der Waals surface area (Å²) >= 11 is 0. The zero-order valence-electron chi connectivity index (χ0n) is 11.6. The van der Waals surface area contributed by atoms with Gasteiger partial charge in [-0.1, -0.05) is 0 Å². The summed E-state index contributed by atoms with van der Waals surface area (Å²) in [5.41, 5.74) is -0.645. The Labute approximate surface area is 112 Å². The number of ether oxygens (including phenoxy) is 2. The van der Waals surface area contributed by atoms with Crippen LogP contribution >= 0.6 is 0 Å². The van der Waals surface area contributed by atoms with Gasteiger partial charge in [0.05, 0.1) is 7.11 Å². The normalized spacial score (nSPS) is 22.8. The van der Waals surface area contributed by atoms with Gasteiger partial charge in [-0.3, -0.25) is 9.69 Å². The fourth-order valence-electron chi connectivity index (χ4n) is 1.93. The van der Waals surface area contributed by atoms with E-state index in [-0.39, 0.29) is 12.6 Å². The molecule has 2 atom stereocenters. The van der Waals surface area contributed by atoms with Crippen molar-refractivity contribution in [1.29, 1.82) is 0 Å². The molecule has 19 heavy (non-hydrogen) atoms. The predicted octanol–water partition coefficient (Wildman–Crippen LogP) is 0.283. The van der Waals surface area contributed by atoms with Crippen LogP contribution in [0.4, 0.5) is 4.79 Å². The molecule has 0 saturated carbocycles. The molecule has 1 heterocycles. The van der Waals surface area contributed by atoms with E-state index in [9.17, 15) is 14.4 Å². The van der Waals surface area contributed by atoms with Crippen LogP contribution in [0.25, 0.3) is 0 Å². The maximum Gasteiger partial charge on any atom is 0.411 e. The summed E-state index contributed by atoms with van der Waals surface area (Å²) in [6.45, 7) is 5.47. The number of methoxy groups -OCH3 is 1. The Hall–Kier alpha value is -1.79. The molecule has 108 valence electrons. The Morgan fingerprint density at radius 2 is 2.00 bits per heavy atom. The number of nitrogens with zero attached hydrogens (tertiary/aromatic N) is 1. The SMILES string of the molecule is COC(=O)[C@@H]1C[C@H](NC=O)CN1C(=O)OC(C)(C)C. The molecule has 7 heteroatoms. The van der Waals surface area contributed by atoms with E-state index in [1.165, 1.54) is 12.0 Å². The second kappa shape index (κ2) is 5.90. The number of hydrogen-bond donors (Lipinski definition) is 1. The average Bonchev–Trinajstić information content (AvgIpc) is 2.70. The molecule has 0 bridgehead atoms. The van der Waals surface area contributed by atoms with E-state index in [2.05, 4.69) is 10.1 Å². The number of carbonyl (C=O) groups excluding carboxylic acids is 3. The monoisotopic (exact) mass is 272 g/mol. The topological polar surface area (TPSA) is 84.9 Å². The molecule has 1 aliphatic rings. The van der Waals surface area contributed by atoms with Crippen LogP contribution in [0.5, 0.6) is 0 Å². The molecule has 1 rings (SSSR count). The second-order valence-corrected chi connectivity index (χ2v) is 5.39. The molecule has 0 aromatic heterocycles. The first-order valence-electron chi connectivity index (χ1n) is 6.05. The minimum absolute atomic E-state index is 0.230. The fraction of sp³-hybridized carbons (Fsp3) is 0.750. The van der Waals surface area contributed by atoms with Crippen LogP contribution in [0.15, 0.2) is 0 Å². The van der Waals surface area contributed by atoms with Crippen LogP contribution in [0.3, 0.4) is 0 Å². The van der Waals surface area contributed by atoms with Crippen LogP contribution in [0.1, 0.15) is 27.2 Å². The number of rotatable bonds is 3. The van der Waals surface area contributed by atoms with Gasteiger partial charge in [0.25, 0.3) is 0 Å². The molecule has 1 saturated heterocycles. The third kappa shape index (κ3) is 4.11. The summed E-state index contributed by atoms with van der Waals surface area (Å²) in [5.74, 6) is -0.513. The molecule has 2 amide bonds. The largest absolute Gasteiger partial charge is 0.467 e. The smallest absolute Gasteiger partial charge is 0.411 e. The Bertz CT molecular complexity index is 364. The van der Waals surface area contributed by atoms with Gasteiger partial charge in [0.15, 0.2) is 0 Å². The summed E-state index contributed by atoms with van der Waals surface area (Å²) in [4.78, 5) is 35.4. The van der Waals surface area contributed by atoms with Crippen molar-refractivity contribution in [2.45, 2.75) is 44.9 Å². The Morgan fingerprint density at radius 1 is 1.37 bits per heavy atom. The number of likely N-dealkylation sites (tertiary alicyclic amines) is 1. The molecule has 0 aliphatic carbocycles. The van der Waals surface area contributed by atoms with Gasteiger partial charge in [0.1, 0.15) is 11.6 Å². The van der Waals surface area contributed by atoms with Gasteiger partial charge in [0, 0.05) is 19.0 Å². The van der Waals surface area contributed by atoms with Gasteiger partial charge in [-0.15, -0.1) is 0 Å². The van der Waals surface area contributed by atoms with Crippen LogP contribution in [0.2, 0.25) is 0 Å². The first kappa shape index (κ1) is 15.3. The fourth-order valence-corrected chi connectivity index (χ4v) is 1.93. The van der Waals surface area contributed by atoms with E-state index in [1.54, 1.807) is 20.8 Å². The van der Waals surface area contributed by atoms with Crippen molar-refractivity contribution in [1.82, 2.24) is 10.2 Å². The Kier molecular flexibility index (Phi) is 4.74. The minimum atomic E-state index is -0.725. The van der Waals surface area contributed by atoms with Crippen LogP contribution in [0, 0.1) is 0 Å². The van der Waals surface area contributed by atoms with Crippen LogP contribution < -0.4 is 5.32 Å². The van der Waals surface area contributed by atoms with E-state index in [4.69, 9.17) is 4.74 Å². The van der Waals surface area contributed by atoms with Crippen LogP contribution in [-0.2, 0) is 19.1 Å². The lowest BCUT2D eigenvalue weighted by molar-refractivity contribution is -0.145. The first-order chi connectivity index (χ1) is 8.78. The molecule has 0 unspecified atom stereocenters. The number of nitrogens with one attached hydrogen (secondary N) is 1. The third-order valence-electron chi connectivity index (χ3n) is 2.71. The van der Waals surface area contributed by atoms with Crippen molar-refractivity contribution >= 4 is 18.5 Å². The summed E-state index contributed by atoms with van der Waals surface area (Å²) < 4.78 is 9.90. The summed E-state index contributed by atoms with van der Waals surface area (Å²) in [7, 11) is 1.26. The lowest BCUT2D eigenvalue weighted by Crippen LogP contribution is -2.44. The second-order valence-electron chi connectivity index (χ2n) is 5.39. The Balaban J connectivity index is 2.79. The highest BCUT2D eigenvalue weighted by molar-refractivity contribution is 5.82. The first-order valence-corrected chi connectivity index (χ1v) is 6.05. The van der Waals surface area contributed by atoms with E-state index in [1.807, 2.05) is 0 Å². The van der Waals surface area contributed by atoms with Gasteiger partial charge < -0.3 is 14.8 Å². The van der Waals surface area contributed by atoms with Crippen molar-refractivity contribution in [3.05, 3.63) is 0 Å². The van der Waals surface area contributed by atoms with Gasteiger partial charge in [-0.2, -0.15) is 0 Å². The zero-order valence-corrected chi connectivity index (χ0v) is 11.6. The minimum Gasteiger partial charge on any atom is -0.467 e. The van der Waals surface area contributed by atoms with E-state index < -0.39 is 23.7 Å². The molecule has 7 nitrogen and oxygen atoms in total. The highest BCUT2D eigenvalue weighted by Gasteiger charge is 2.42. The molecular formula is C12H20N2O5. The lowest BCUT2D eigenvalue weighted by Gasteiger charge is -2.27. The highest BCUT2D eigenvalue weighted by atomic mass is 16.6. The number of hydrogen-bond acceptors (Lipinski definition) is 5. The molecule has 0 spiro atoms. The molecule has 1 fully saturated rings. The molecular weight excluding hydrogens is 252 g/mol. The van der Waals surface area contributed by atoms with Crippen molar-refractivity contribution in [3.63, 3.8) is 0 Å². The molecule has 0 radical (unpaired) electrons. The summed E-state index contributed by atoms with van der Waals surface area (Å²) in [6, 6.07) is -0.994. The molecule has 1 N–H and O–H groups in total. The summed E-state index contributed by atoms with van der Waals surface area (Å²) in [5, 5.41) is 2.56. The number of esters is 1. The van der Waals surface area contributed by atoms with Crippen molar-refractivity contribution < 1.29 is 23.9 Å². The molecule has 1 aliphatic heterocycles. The number of amides is 2. The van der Waals surface area contributed by atoms with Crippen molar-refractivity contribution in [2.75, 3.05) is 13.7 Å². The van der Waals surface area contributed by atoms with Crippen LogP contribution in [-0.4, -0.2) is 54.7 Å².